The average molecular weight is 411 g/mol. The molecule has 0 spiro atoms. The zero-order chi connectivity index (χ0) is 21.1. The molecule has 160 valence electrons. The standard InChI is InChI=1S/C23H30N4O3/c1-17-20(14-18-6-7-19(30-2)15-21(18)24-17)23(29)27-11-5-8-25(12-13-27)16-22(28)26-9-3-4-10-26/h6-7,14-15H,3-5,8-13,16H2,1-2H3. The van der Waals surface area contributed by atoms with Crippen LogP contribution in [0.25, 0.3) is 10.9 Å². The van der Waals surface area contributed by atoms with Gasteiger partial charge in [-0.25, -0.2) is 0 Å². The summed E-state index contributed by atoms with van der Waals surface area (Å²) in [5.41, 5.74) is 2.20. The molecule has 0 atom stereocenters. The lowest BCUT2D eigenvalue weighted by Gasteiger charge is -2.24. The van der Waals surface area contributed by atoms with Crippen LogP contribution in [0.3, 0.4) is 0 Å². The highest BCUT2D eigenvalue weighted by Gasteiger charge is 2.25. The summed E-state index contributed by atoms with van der Waals surface area (Å²) in [6.07, 6.45) is 3.09. The SMILES string of the molecule is COc1ccc2cc(C(=O)N3CCCN(CC(=O)N4CCCC4)CC3)c(C)nc2c1. The van der Waals surface area contributed by atoms with Gasteiger partial charge in [0.1, 0.15) is 5.75 Å². The first-order chi connectivity index (χ1) is 14.5. The smallest absolute Gasteiger partial charge is 0.255 e. The van der Waals surface area contributed by atoms with E-state index in [9.17, 15) is 9.59 Å². The number of aryl methyl sites for hydroxylation is 1. The third-order valence-corrected chi connectivity index (χ3v) is 6.14. The van der Waals surface area contributed by atoms with Crippen molar-refractivity contribution in [2.24, 2.45) is 0 Å². The normalized spacial score (nSPS) is 17.9. The number of pyridine rings is 1. The number of likely N-dealkylation sites (tertiary alicyclic amines) is 1. The van der Waals surface area contributed by atoms with Crippen molar-refractivity contribution in [1.82, 2.24) is 19.7 Å². The Morgan fingerprint density at radius 3 is 2.50 bits per heavy atom. The van der Waals surface area contributed by atoms with Gasteiger partial charge in [0.15, 0.2) is 0 Å². The molecule has 0 N–H and O–H groups in total. The van der Waals surface area contributed by atoms with Crippen LogP contribution in [0.2, 0.25) is 0 Å². The molecule has 2 saturated heterocycles. The maximum atomic E-state index is 13.2. The predicted octanol–water partition coefficient (Wildman–Crippen LogP) is 2.32. The summed E-state index contributed by atoms with van der Waals surface area (Å²) in [4.78, 5) is 36.4. The largest absolute Gasteiger partial charge is 0.497 e. The van der Waals surface area contributed by atoms with Gasteiger partial charge in [-0.3, -0.25) is 19.5 Å². The fraction of sp³-hybridized carbons (Fsp3) is 0.522. The second kappa shape index (κ2) is 9.00. The van der Waals surface area contributed by atoms with Gasteiger partial charge in [-0.2, -0.15) is 0 Å². The minimum Gasteiger partial charge on any atom is -0.497 e. The highest BCUT2D eigenvalue weighted by molar-refractivity contribution is 5.98. The number of hydrogen-bond acceptors (Lipinski definition) is 5. The van der Waals surface area contributed by atoms with Gasteiger partial charge in [-0.15, -0.1) is 0 Å². The van der Waals surface area contributed by atoms with Gasteiger partial charge >= 0.3 is 0 Å². The van der Waals surface area contributed by atoms with Crippen molar-refractivity contribution in [3.05, 3.63) is 35.5 Å². The Hall–Kier alpha value is -2.67. The van der Waals surface area contributed by atoms with Gasteiger partial charge in [0.05, 0.1) is 30.4 Å². The molecule has 2 aliphatic rings. The third kappa shape index (κ3) is 4.41. The van der Waals surface area contributed by atoms with Crippen molar-refractivity contribution in [2.75, 3.05) is 52.9 Å². The number of fused-ring (bicyclic) bond motifs is 1. The summed E-state index contributed by atoms with van der Waals surface area (Å²) in [5.74, 6) is 0.993. The highest BCUT2D eigenvalue weighted by atomic mass is 16.5. The van der Waals surface area contributed by atoms with Crippen molar-refractivity contribution < 1.29 is 14.3 Å². The van der Waals surface area contributed by atoms with Gasteiger partial charge in [0, 0.05) is 50.7 Å². The van der Waals surface area contributed by atoms with Gasteiger partial charge in [-0.05, 0) is 44.4 Å². The predicted molar refractivity (Wildman–Crippen MR) is 116 cm³/mol. The first kappa shape index (κ1) is 20.6. The van der Waals surface area contributed by atoms with Crippen LogP contribution in [-0.2, 0) is 4.79 Å². The van der Waals surface area contributed by atoms with E-state index in [1.165, 1.54) is 0 Å². The molecule has 2 aromatic rings. The maximum Gasteiger partial charge on any atom is 0.255 e. The molecule has 0 aliphatic carbocycles. The first-order valence-corrected chi connectivity index (χ1v) is 10.8. The topological polar surface area (TPSA) is 66.0 Å². The molecule has 0 bridgehead atoms. The Morgan fingerprint density at radius 2 is 1.73 bits per heavy atom. The number of hydrogen-bond donors (Lipinski definition) is 0. The van der Waals surface area contributed by atoms with Gasteiger partial charge < -0.3 is 14.5 Å². The summed E-state index contributed by atoms with van der Waals surface area (Å²) in [5, 5.41) is 0.928. The molecule has 3 heterocycles. The minimum absolute atomic E-state index is 0.0189. The third-order valence-electron chi connectivity index (χ3n) is 6.14. The number of benzene rings is 1. The number of rotatable bonds is 4. The molecular weight excluding hydrogens is 380 g/mol. The van der Waals surface area contributed by atoms with E-state index in [0.29, 0.717) is 25.2 Å². The number of nitrogens with zero attached hydrogens (tertiary/aromatic N) is 4. The summed E-state index contributed by atoms with van der Waals surface area (Å²) in [6.45, 7) is 7.01. The summed E-state index contributed by atoms with van der Waals surface area (Å²) < 4.78 is 5.27. The highest BCUT2D eigenvalue weighted by Crippen LogP contribution is 2.23. The second-order valence-electron chi connectivity index (χ2n) is 8.19. The van der Waals surface area contributed by atoms with Gasteiger partial charge in [0.2, 0.25) is 5.91 Å². The number of carbonyl (C=O) groups excluding carboxylic acids is 2. The fourth-order valence-corrected chi connectivity index (χ4v) is 4.35. The van der Waals surface area contributed by atoms with E-state index in [1.54, 1.807) is 7.11 Å². The van der Waals surface area contributed by atoms with Crippen LogP contribution in [0.1, 0.15) is 35.3 Å². The molecular formula is C23H30N4O3. The molecule has 7 heteroatoms. The lowest BCUT2D eigenvalue weighted by atomic mass is 10.1. The van der Waals surface area contributed by atoms with E-state index in [-0.39, 0.29) is 11.8 Å². The lowest BCUT2D eigenvalue weighted by Crippen LogP contribution is -2.41. The molecule has 30 heavy (non-hydrogen) atoms. The van der Waals surface area contributed by atoms with E-state index in [1.807, 2.05) is 41.0 Å². The molecule has 0 radical (unpaired) electrons. The van der Waals surface area contributed by atoms with Crippen LogP contribution < -0.4 is 4.74 Å². The Labute approximate surface area is 177 Å². The zero-order valence-corrected chi connectivity index (χ0v) is 17.9. The second-order valence-corrected chi connectivity index (χ2v) is 8.19. The van der Waals surface area contributed by atoms with Crippen molar-refractivity contribution in [3.63, 3.8) is 0 Å². The molecule has 7 nitrogen and oxygen atoms in total. The number of aromatic nitrogens is 1. The summed E-state index contributed by atoms with van der Waals surface area (Å²) in [6, 6.07) is 7.64. The Morgan fingerprint density at radius 1 is 0.967 bits per heavy atom. The molecule has 1 aromatic heterocycles. The van der Waals surface area contributed by atoms with Crippen molar-refractivity contribution in [1.29, 1.82) is 0 Å². The van der Waals surface area contributed by atoms with Gasteiger partial charge in [0.25, 0.3) is 5.91 Å². The van der Waals surface area contributed by atoms with E-state index in [2.05, 4.69) is 9.88 Å². The lowest BCUT2D eigenvalue weighted by molar-refractivity contribution is -0.131. The van der Waals surface area contributed by atoms with E-state index in [0.717, 1.165) is 67.8 Å². The summed E-state index contributed by atoms with van der Waals surface area (Å²) in [7, 11) is 1.63. The maximum absolute atomic E-state index is 13.2. The van der Waals surface area contributed by atoms with E-state index >= 15 is 0 Å². The number of carbonyl (C=O) groups is 2. The zero-order valence-electron chi connectivity index (χ0n) is 17.9. The van der Waals surface area contributed by atoms with Crippen molar-refractivity contribution in [3.8, 4) is 5.75 Å². The van der Waals surface area contributed by atoms with Gasteiger partial charge in [-0.1, -0.05) is 0 Å². The molecule has 2 aliphatic heterocycles. The minimum atomic E-state index is 0.0189. The summed E-state index contributed by atoms with van der Waals surface area (Å²) >= 11 is 0. The van der Waals surface area contributed by atoms with Crippen LogP contribution >= 0.6 is 0 Å². The fourth-order valence-electron chi connectivity index (χ4n) is 4.35. The van der Waals surface area contributed by atoms with Crippen LogP contribution in [0.15, 0.2) is 24.3 Å². The average Bonchev–Trinajstić information content (AvgIpc) is 3.20. The van der Waals surface area contributed by atoms with E-state index in [4.69, 9.17) is 4.74 Å². The molecule has 2 fully saturated rings. The Balaban J connectivity index is 1.43. The number of amides is 2. The van der Waals surface area contributed by atoms with Crippen LogP contribution in [0, 0.1) is 6.92 Å². The number of methoxy groups -OCH3 is 1. The Bertz CT molecular complexity index is 939. The molecule has 2 amide bonds. The van der Waals surface area contributed by atoms with Crippen LogP contribution in [-0.4, -0.2) is 84.4 Å². The first-order valence-electron chi connectivity index (χ1n) is 10.8. The molecule has 4 rings (SSSR count). The molecule has 1 aromatic carbocycles. The molecule has 0 unspecified atom stereocenters. The van der Waals surface area contributed by atoms with Crippen molar-refractivity contribution in [2.45, 2.75) is 26.2 Å². The quantitative estimate of drug-likeness (QED) is 0.774. The van der Waals surface area contributed by atoms with Crippen LogP contribution in [0.5, 0.6) is 5.75 Å². The number of ether oxygens (including phenoxy) is 1. The van der Waals surface area contributed by atoms with Crippen molar-refractivity contribution >= 4 is 22.7 Å². The monoisotopic (exact) mass is 410 g/mol. The molecule has 0 saturated carbocycles. The van der Waals surface area contributed by atoms with E-state index < -0.39 is 0 Å². The Kier molecular flexibility index (Phi) is 6.18. The van der Waals surface area contributed by atoms with Crippen LogP contribution in [0.4, 0.5) is 0 Å².